The van der Waals surface area contributed by atoms with Gasteiger partial charge in [0.25, 0.3) is 11.6 Å². The Morgan fingerprint density at radius 1 is 1.26 bits per heavy atom. The maximum Gasteiger partial charge on any atom is 0.293 e. The SMILES string of the molecule is CS(=O)(=O)c1ccc(NCCNC(=O)c2cc3c(s2)CCC3)c([N+](=O)[O-])c1. The van der Waals surface area contributed by atoms with Crippen LogP contribution in [0.4, 0.5) is 11.4 Å². The number of sulfone groups is 1. The predicted molar refractivity (Wildman–Crippen MR) is 103 cm³/mol. The molecule has 8 nitrogen and oxygen atoms in total. The molecule has 27 heavy (non-hydrogen) atoms. The van der Waals surface area contributed by atoms with Crippen molar-refractivity contribution in [2.75, 3.05) is 24.7 Å². The first-order chi connectivity index (χ1) is 12.8. The third-order valence-electron chi connectivity index (χ3n) is 4.29. The van der Waals surface area contributed by atoms with Crippen LogP contribution in [0.15, 0.2) is 29.2 Å². The topological polar surface area (TPSA) is 118 Å². The van der Waals surface area contributed by atoms with E-state index in [0.717, 1.165) is 31.6 Å². The zero-order valence-electron chi connectivity index (χ0n) is 14.6. The van der Waals surface area contributed by atoms with Crippen molar-refractivity contribution >= 4 is 38.5 Å². The summed E-state index contributed by atoms with van der Waals surface area (Å²) in [7, 11) is -3.53. The van der Waals surface area contributed by atoms with Gasteiger partial charge in [-0.15, -0.1) is 11.3 Å². The minimum Gasteiger partial charge on any atom is -0.378 e. The largest absolute Gasteiger partial charge is 0.378 e. The number of fused-ring (bicyclic) bond motifs is 1. The van der Waals surface area contributed by atoms with E-state index in [1.54, 1.807) is 0 Å². The van der Waals surface area contributed by atoms with E-state index < -0.39 is 14.8 Å². The van der Waals surface area contributed by atoms with Crippen molar-refractivity contribution in [1.82, 2.24) is 5.32 Å². The van der Waals surface area contributed by atoms with E-state index in [1.807, 2.05) is 6.07 Å². The molecule has 0 fully saturated rings. The van der Waals surface area contributed by atoms with Crippen LogP contribution in [0, 0.1) is 10.1 Å². The standard InChI is InChI=1S/C17H19N3O5S2/c1-27(24,25)12-5-6-13(14(10-12)20(22)23)18-7-8-19-17(21)16-9-11-3-2-4-15(11)26-16/h5-6,9-10,18H,2-4,7-8H2,1H3,(H,19,21). The van der Waals surface area contributed by atoms with E-state index in [-0.39, 0.29) is 35.3 Å². The zero-order valence-corrected chi connectivity index (χ0v) is 16.3. The van der Waals surface area contributed by atoms with Gasteiger partial charge in [0.15, 0.2) is 9.84 Å². The number of hydrogen-bond donors (Lipinski definition) is 2. The Bertz CT molecular complexity index is 976. The fourth-order valence-electron chi connectivity index (χ4n) is 2.94. The molecule has 0 radical (unpaired) electrons. The molecule has 1 aromatic heterocycles. The summed E-state index contributed by atoms with van der Waals surface area (Å²) in [6, 6.07) is 5.64. The first-order valence-corrected chi connectivity index (χ1v) is 11.1. The average Bonchev–Trinajstić information content (AvgIpc) is 3.19. The van der Waals surface area contributed by atoms with Crippen molar-refractivity contribution < 1.29 is 18.1 Å². The van der Waals surface area contributed by atoms with Crippen LogP contribution in [-0.4, -0.2) is 38.6 Å². The van der Waals surface area contributed by atoms with Crippen molar-refractivity contribution in [2.45, 2.75) is 24.2 Å². The van der Waals surface area contributed by atoms with Gasteiger partial charge in [0.05, 0.1) is 14.7 Å². The Hall–Kier alpha value is -2.46. The van der Waals surface area contributed by atoms with E-state index in [1.165, 1.54) is 33.9 Å². The average molecular weight is 409 g/mol. The highest BCUT2D eigenvalue weighted by molar-refractivity contribution is 7.90. The molecule has 1 aliphatic carbocycles. The first kappa shape index (κ1) is 19.3. The minimum atomic E-state index is -3.53. The molecule has 10 heteroatoms. The number of carbonyl (C=O) groups excluding carboxylic acids is 1. The number of nitro benzene ring substituents is 1. The molecule has 0 bridgehead atoms. The lowest BCUT2D eigenvalue weighted by molar-refractivity contribution is -0.384. The van der Waals surface area contributed by atoms with Gasteiger partial charge in [-0.2, -0.15) is 0 Å². The Balaban J connectivity index is 1.58. The minimum absolute atomic E-state index is 0.112. The fraction of sp³-hybridized carbons (Fsp3) is 0.353. The van der Waals surface area contributed by atoms with Crippen LogP contribution < -0.4 is 10.6 Å². The number of amides is 1. The summed E-state index contributed by atoms with van der Waals surface area (Å²) in [5.41, 5.74) is 1.14. The van der Waals surface area contributed by atoms with E-state index >= 15 is 0 Å². The third-order valence-corrected chi connectivity index (χ3v) is 6.64. The van der Waals surface area contributed by atoms with Crippen molar-refractivity contribution in [2.24, 2.45) is 0 Å². The quantitative estimate of drug-likeness (QED) is 0.412. The molecule has 1 aromatic carbocycles. The normalized spacial score (nSPS) is 13.2. The van der Waals surface area contributed by atoms with Crippen LogP contribution >= 0.6 is 11.3 Å². The van der Waals surface area contributed by atoms with Gasteiger partial charge in [-0.25, -0.2) is 8.42 Å². The molecule has 1 aliphatic rings. The van der Waals surface area contributed by atoms with E-state index in [0.29, 0.717) is 4.88 Å². The van der Waals surface area contributed by atoms with Gasteiger partial charge >= 0.3 is 0 Å². The van der Waals surface area contributed by atoms with Crippen molar-refractivity contribution in [3.05, 3.63) is 49.7 Å². The summed E-state index contributed by atoms with van der Waals surface area (Å²) in [5.74, 6) is -0.155. The van der Waals surface area contributed by atoms with E-state index in [2.05, 4.69) is 10.6 Å². The number of anilines is 1. The molecule has 0 aliphatic heterocycles. The van der Waals surface area contributed by atoms with Gasteiger partial charge in [0.1, 0.15) is 5.69 Å². The number of nitrogens with one attached hydrogen (secondary N) is 2. The number of carbonyl (C=O) groups is 1. The molecule has 0 saturated carbocycles. The van der Waals surface area contributed by atoms with Crippen molar-refractivity contribution in [3.63, 3.8) is 0 Å². The van der Waals surface area contributed by atoms with Gasteiger partial charge in [-0.1, -0.05) is 0 Å². The molecule has 0 atom stereocenters. The van der Waals surface area contributed by atoms with E-state index in [9.17, 15) is 23.3 Å². The smallest absolute Gasteiger partial charge is 0.293 e. The Labute approximate surface area is 160 Å². The monoisotopic (exact) mass is 409 g/mol. The summed E-state index contributed by atoms with van der Waals surface area (Å²) < 4.78 is 23.1. The van der Waals surface area contributed by atoms with Crippen LogP contribution in [0.25, 0.3) is 0 Å². The molecular weight excluding hydrogens is 390 g/mol. The van der Waals surface area contributed by atoms with Crippen LogP contribution in [0.5, 0.6) is 0 Å². The molecular formula is C17H19N3O5S2. The number of benzene rings is 1. The molecule has 1 amide bonds. The van der Waals surface area contributed by atoms with Gasteiger partial charge in [-0.3, -0.25) is 14.9 Å². The van der Waals surface area contributed by atoms with Gasteiger partial charge < -0.3 is 10.6 Å². The van der Waals surface area contributed by atoms with Crippen LogP contribution in [-0.2, 0) is 22.7 Å². The van der Waals surface area contributed by atoms with Gasteiger partial charge in [0, 0.05) is 30.3 Å². The maximum atomic E-state index is 12.2. The molecule has 3 rings (SSSR count). The maximum absolute atomic E-state index is 12.2. The number of nitro groups is 1. The lowest BCUT2D eigenvalue weighted by Gasteiger charge is -2.09. The fourth-order valence-corrected chi connectivity index (χ4v) is 4.75. The lowest BCUT2D eigenvalue weighted by Crippen LogP contribution is -2.28. The molecule has 2 N–H and O–H groups in total. The molecule has 0 spiro atoms. The second-order valence-electron chi connectivity index (χ2n) is 6.30. The van der Waals surface area contributed by atoms with Crippen LogP contribution in [0.3, 0.4) is 0 Å². The summed E-state index contributed by atoms with van der Waals surface area (Å²) in [6.07, 6.45) is 4.19. The Kier molecular flexibility index (Phi) is 5.47. The third kappa shape index (κ3) is 4.45. The van der Waals surface area contributed by atoms with Gasteiger partial charge in [0.2, 0.25) is 0 Å². The molecule has 0 saturated heterocycles. The highest BCUT2D eigenvalue weighted by Crippen LogP contribution is 2.30. The number of rotatable bonds is 7. The second kappa shape index (κ2) is 7.65. The van der Waals surface area contributed by atoms with Crippen molar-refractivity contribution in [1.29, 1.82) is 0 Å². The number of aryl methyl sites for hydroxylation is 2. The predicted octanol–water partition coefficient (Wildman–Crippen LogP) is 2.39. The lowest BCUT2D eigenvalue weighted by atomic mass is 10.2. The van der Waals surface area contributed by atoms with Crippen LogP contribution in [0.2, 0.25) is 0 Å². The van der Waals surface area contributed by atoms with Crippen LogP contribution in [0.1, 0.15) is 26.5 Å². The Morgan fingerprint density at radius 2 is 2.04 bits per heavy atom. The Morgan fingerprint density at radius 3 is 2.70 bits per heavy atom. The number of thiophene rings is 1. The molecule has 144 valence electrons. The molecule has 1 heterocycles. The van der Waals surface area contributed by atoms with Crippen molar-refractivity contribution in [3.8, 4) is 0 Å². The first-order valence-electron chi connectivity index (χ1n) is 8.38. The molecule has 2 aromatic rings. The zero-order chi connectivity index (χ0) is 19.6. The van der Waals surface area contributed by atoms with Gasteiger partial charge in [-0.05, 0) is 43.0 Å². The summed E-state index contributed by atoms with van der Waals surface area (Å²) in [6.45, 7) is 0.558. The molecule has 0 unspecified atom stereocenters. The number of hydrogen-bond acceptors (Lipinski definition) is 7. The highest BCUT2D eigenvalue weighted by atomic mass is 32.2. The summed E-state index contributed by atoms with van der Waals surface area (Å²) in [5, 5.41) is 16.9. The summed E-state index contributed by atoms with van der Waals surface area (Å²) in [4.78, 5) is 24.6. The van der Waals surface area contributed by atoms with E-state index in [4.69, 9.17) is 0 Å². The summed E-state index contributed by atoms with van der Waals surface area (Å²) >= 11 is 1.52. The second-order valence-corrected chi connectivity index (χ2v) is 9.46. The highest BCUT2D eigenvalue weighted by Gasteiger charge is 2.20. The number of nitrogens with zero attached hydrogens (tertiary/aromatic N) is 1.